The molecule has 0 radical (unpaired) electrons. The number of aromatic nitrogens is 2. The highest BCUT2D eigenvalue weighted by Crippen LogP contribution is 2.28. The van der Waals surface area contributed by atoms with Crippen LogP contribution in [0.5, 0.6) is 0 Å². The Bertz CT molecular complexity index is 1040. The van der Waals surface area contributed by atoms with Crippen molar-refractivity contribution in [1.29, 1.82) is 0 Å². The second-order valence-electron chi connectivity index (χ2n) is 5.93. The Morgan fingerprint density at radius 3 is 2.31 bits per heavy atom. The molecule has 0 bridgehead atoms. The first-order chi connectivity index (χ1) is 12.3. The van der Waals surface area contributed by atoms with Crippen LogP contribution >= 0.6 is 23.2 Å². The fourth-order valence-electron chi connectivity index (χ4n) is 2.85. The molecule has 6 nitrogen and oxygen atoms in total. The summed E-state index contributed by atoms with van der Waals surface area (Å²) in [4.78, 5) is 24.1. The van der Waals surface area contributed by atoms with Gasteiger partial charge in [-0.05, 0) is 36.2 Å². The molecule has 1 heterocycles. The zero-order valence-electron chi connectivity index (χ0n) is 14.2. The molecule has 0 fully saturated rings. The number of imidazole rings is 1. The van der Waals surface area contributed by atoms with Crippen LogP contribution in [-0.2, 0) is 23.0 Å². The molecule has 3 aromatic rings. The van der Waals surface area contributed by atoms with Crippen molar-refractivity contribution in [1.82, 2.24) is 9.13 Å². The molecular weight excluding hydrogens is 377 g/mol. The van der Waals surface area contributed by atoms with Gasteiger partial charge in [0.25, 0.3) is 0 Å². The summed E-state index contributed by atoms with van der Waals surface area (Å²) >= 11 is 12.2. The van der Waals surface area contributed by atoms with Gasteiger partial charge in [-0.1, -0.05) is 35.3 Å². The maximum absolute atomic E-state index is 12.7. The van der Waals surface area contributed by atoms with Crippen LogP contribution in [-0.4, -0.2) is 28.3 Å². The number of carbonyl (C=O) groups is 1. The average Bonchev–Trinajstić information content (AvgIpc) is 2.86. The van der Waals surface area contributed by atoms with E-state index in [1.165, 1.54) is 11.7 Å². The largest absolute Gasteiger partial charge is 0.468 e. The van der Waals surface area contributed by atoms with E-state index in [0.29, 0.717) is 33.2 Å². The van der Waals surface area contributed by atoms with Gasteiger partial charge in [-0.15, -0.1) is 0 Å². The van der Waals surface area contributed by atoms with Crippen LogP contribution in [0, 0.1) is 0 Å². The predicted octanol–water partition coefficient (Wildman–Crippen LogP) is 2.68. The Hall–Kier alpha value is -2.28. The third-order valence-electron chi connectivity index (χ3n) is 4.25. The molecule has 0 aliphatic carbocycles. The maximum atomic E-state index is 12.7. The van der Waals surface area contributed by atoms with Crippen molar-refractivity contribution in [2.45, 2.75) is 12.5 Å². The van der Waals surface area contributed by atoms with Crippen LogP contribution in [0.4, 0.5) is 0 Å². The van der Waals surface area contributed by atoms with E-state index >= 15 is 0 Å². The molecule has 2 aromatic carbocycles. The van der Waals surface area contributed by atoms with Gasteiger partial charge in [0.05, 0.1) is 33.9 Å². The van der Waals surface area contributed by atoms with Crippen LogP contribution in [0.1, 0.15) is 5.56 Å². The van der Waals surface area contributed by atoms with Gasteiger partial charge in [0, 0.05) is 7.05 Å². The van der Waals surface area contributed by atoms with Crippen molar-refractivity contribution in [3.05, 3.63) is 62.5 Å². The van der Waals surface area contributed by atoms with Crippen LogP contribution in [0.25, 0.3) is 16.7 Å². The lowest BCUT2D eigenvalue weighted by Gasteiger charge is -2.10. The number of ether oxygens (including phenoxy) is 1. The van der Waals surface area contributed by atoms with Gasteiger partial charge < -0.3 is 10.5 Å². The first kappa shape index (κ1) is 18.5. The summed E-state index contributed by atoms with van der Waals surface area (Å²) in [7, 11) is 2.98. The molecule has 1 aromatic heterocycles. The van der Waals surface area contributed by atoms with E-state index in [2.05, 4.69) is 4.74 Å². The first-order valence-corrected chi connectivity index (χ1v) is 8.58. The summed E-state index contributed by atoms with van der Waals surface area (Å²) in [5.41, 5.74) is 8.45. The topological polar surface area (TPSA) is 79.2 Å². The number of hydrogen-bond donors (Lipinski definition) is 1. The Kier molecular flexibility index (Phi) is 5.09. The van der Waals surface area contributed by atoms with Crippen LogP contribution < -0.4 is 11.4 Å². The van der Waals surface area contributed by atoms with Crippen molar-refractivity contribution >= 4 is 40.2 Å². The zero-order chi connectivity index (χ0) is 19.0. The lowest BCUT2D eigenvalue weighted by molar-refractivity contribution is -0.142. The minimum absolute atomic E-state index is 0.211. The van der Waals surface area contributed by atoms with E-state index in [-0.39, 0.29) is 5.69 Å². The number of methoxy groups -OCH3 is 1. The van der Waals surface area contributed by atoms with Gasteiger partial charge in [-0.3, -0.25) is 13.9 Å². The number of rotatable bonds is 4. The smallest absolute Gasteiger partial charge is 0.333 e. The number of esters is 1. The Labute approximate surface area is 159 Å². The molecule has 0 spiro atoms. The zero-order valence-corrected chi connectivity index (χ0v) is 15.7. The van der Waals surface area contributed by atoms with Gasteiger partial charge in [-0.25, -0.2) is 4.79 Å². The van der Waals surface area contributed by atoms with Crippen LogP contribution in [0.3, 0.4) is 0 Å². The third kappa shape index (κ3) is 3.23. The number of aryl methyl sites for hydroxylation is 1. The van der Waals surface area contributed by atoms with Crippen molar-refractivity contribution in [3.63, 3.8) is 0 Å². The third-order valence-corrected chi connectivity index (χ3v) is 4.97. The number of fused-ring (bicyclic) bond motifs is 1. The van der Waals surface area contributed by atoms with Gasteiger partial charge in [-0.2, -0.15) is 0 Å². The summed E-state index contributed by atoms with van der Waals surface area (Å²) in [5, 5.41) is 0.762. The van der Waals surface area contributed by atoms with E-state index in [0.717, 1.165) is 5.56 Å². The highest BCUT2D eigenvalue weighted by molar-refractivity contribution is 6.42. The molecule has 8 heteroatoms. The molecule has 3 rings (SSSR count). The maximum Gasteiger partial charge on any atom is 0.333 e. The van der Waals surface area contributed by atoms with E-state index in [1.807, 2.05) is 12.1 Å². The molecule has 136 valence electrons. The fraction of sp³-hybridized carbons (Fsp3) is 0.222. The number of benzene rings is 2. The number of carbonyl (C=O) groups excluding carboxylic acids is 1. The van der Waals surface area contributed by atoms with E-state index in [1.54, 1.807) is 35.9 Å². The lowest BCUT2D eigenvalue weighted by Crippen LogP contribution is -2.33. The van der Waals surface area contributed by atoms with E-state index in [9.17, 15) is 9.59 Å². The first-order valence-electron chi connectivity index (χ1n) is 7.82. The fourth-order valence-corrected chi connectivity index (χ4v) is 3.16. The molecule has 1 atom stereocenters. The number of halogens is 2. The minimum Gasteiger partial charge on any atom is -0.468 e. The van der Waals surface area contributed by atoms with E-state index in [4.69, 9.17) is 28.9 Å². The molecule has 2 N–H and O–H groups in total. The van der Waals surface area contributed by atoms with Gasteiger partial charge in [0.15, 0.2) is 0 Å². The Morgan fingerprint density at radius 1 is 1.15 bits per heavy atom. The van der Waals surface area contributed by atoms with Crippen molar-refractivity contribution in [2.24, 2.45) is 12.8 Å². The van der Waals surface area contributed by atoms with E-state index < -0.39 is 12.0 Å². The Balaban J connectivity index is 2.02. The van der Waals surface area contributed by atoms with Crippen molar-refractivity contribution < 1.29 is 9.53 Å². The normalized spacial score (nSPS) is 12.3. The summed E-state index contributed by atoms with van der Waals surface area (Å²) in [6.45, 7) is 0. The summed E-state index contributed by atoms with van der Waals surface area (Å²) in [5.74, 6) is -0.467. The van der Waals surface area contributed by atoms with Crippen LogP contribution in [0.2, 0.25) is 10.0 Å². The predicted molar refractivity (Wildman–Crippen MR) is 102 cm³/mol. The minimum atomic E-state index is -0.730. The quantitative estimate of drug-likeness (QED) is 0.691. The molecule has 0 saturated heterocycles. The second-order valence-corrected chi connectivity index (χ2v) is 6.75. The molecule has 0 aliphatic heterocycles. The SMILES string of the molecule is COC(=O)[C@@H](N)Cc1ccc(-n2c(=O)n(C)c3cc(Cl)c(Cl)cc32)cc1. The number of nitrogens with zero attached hydrogens (tertiary/aromatic N) is 2. The molecule has 0 amide bonds. The summed E-state index contributed by atoms with van der Waals surface area (Å²) in [6, 6.07) is 9.84. The lowest BCUT2D eigenvalue weighted by atomic mass is 10.1. The average molecular weight is 394 g/mol. The molecule has 0 saturated carbocycles. The standard InChI is InChI=1S/C18H17Cl2N3O3/c1-22-15-8-12(19)13(20)9-16(15)23(18(22)25)11-5-3-10(4-6-11)7-14(21)17(24)26-2/h3-6,8-9,14H,7,21H2,1-2H3/t14-/m0/s1. The summed E-state index contributed by atoms with van der Waals surface area (Å²) < 4.78 is 7.70. The van der Waals surface area contributed by atoms with Gasteiger partial charge in [0.2, 0.25) is 0 Å². The highest BCUT2D eigenvalue weighted by Gasteiger charge is 2.16. The van der Waals surface area contributed by atoms with Crippen molar-refractivity contribution in [2.75, 3.05) is 7.11 Å². The molecular formula is C18H17Cl2N3O3. The highest BCUT2D eigenvalue weighted by atomic mass is 35.5. The van der Waals surface area contributed by atoms with Crippen molar-refractivity contribution in [3.8, 4) is 5.69 Å². The van der Waals surface area contributed by atoms with Gasteiger partial charge in [0.1, 0.15) is 6.04 Å². The molecule has 26 heavy (non-hydrogen) atoms. The summed E-state index contributed by atoms with van der Waals surface area (Å²) in [6.07, 6.45) is 0.346. The van der Waals surface area contributed by atoms with Gasteiger partial charge >= 0.3 is 11.7 Å². The second kappa shape index (κ2) is 7.15. The molecule has 0 aliphatic rings. The molecule has 0 unspecified atom stereocenters. The number of nitrogens with two attached hydrogens (primary N) is 1. The van der Waals surface area contributed by atoms with Crippen LogP contribution in [0.15, 0.2) is 41.2 Å². The Morgan fingerprint density at radius 2 is 1.73 bits per heavy atom. The monoisotopic (exact) mass is 393 g/mol. The number of hydrogen-bond acceptors (Lipinski definition) is 4.